The molecule has 1 amide bonds. The number of hydrogen-bond donors (Lipinski definition) is 3. The highest BCUT2D eigenvalue weighted by molar-refractivity contribution is 5.95. The summed E-state index contributed by atoms with van der Waals surface area (Å²) < 4.78 is 43.4. The van der Waals surface area contributed by atoms with Crippen LogP contribution in [0.4, 0.5) is 24.8 Å². The maximum Gasteiger partial charge on any atom is 0.267 e. The molecular formula is C20H20F3N7O. The summed E-state index contributed by atoms with van der Waals surface area (Å²) in [4.78, 5) is 20.1. The maximum absolute atomic E-state index is 14.5. The molecule has 31 heavy (non-hydrogen) atoms. The molecule has 0 radical (unpaired) electrons. The van der Waals surface area contributed by atoms with Crippen molar-refractivity contribution in [3.63, 3.8) is 0 Å². The maximum atomic E-state index is 14.5. The van der Waals surface area contributed by atoms with Gasteiger partial charge in [-0.3, -0.25) is 9.48 Å². The van der Waals surface area contributed by atoms with E-state index in [1.165, 1.54) is 12.1 Å². The molecule has 1 aliphatic carbocycles. The van der Waals surface area contributed by atoms with E-state index in [0.29, 0.717) is 11.7 Å². The van der Waals surface area contributed by atoms with Crippen molar-refractivity contribution in [2.24, 2.45) is 0 Å². The summed E-state index contributed by atoms with van der Waals surface area (Å²) in [6, 6.07) is 4.01. The van der Waals surface area contributed by atoms with Crippen LogP contribution in [0.15, 0.2) is 36.8 Å². The van der Waals surface area contributed by atoms with Crippen molar-refractivity contribution >= 4 is 17.5 Å². The zero-order chi connectivity index (χ0) is 22.0. The molecule has 3 N–H and O–H groups in total. The monoisotopic (exact) mass is 431 g/mol. The lowest BCUT2D eigenvalue weighted by Gasteiger charge is -2.12. The molecule has 2 aromatic heterocycles. The molecule has 0 bridgehead atoms. The van der Waals surface area contributed by atoms with Crippen LogP contribution in [0.2, 0.25) is 0 Å². The minimum atomic E-state index is -2.86. The van der Waals surface area contributed by atoms with Gasteiger partial charge in [-0.2, -0.15) is 5.10 Å². The largest absolute Gasteiger partial charge is 0.339 e. The minimum Gasteiger partial charge on any atom is -0.339 e. The van der Waals surface area contributed by atoms with E-state index in [0.717, 1.165) is 25.1 Å². The number of nitrogens with zero attached hydrogens (tertiary/aromatic N) is 4. The van der Waals surface area contributed by atoms with E-state index in [4.69, 9.17) is 0 Å². The van der Waals surface area contributed by atoms with E-state index in [1.807, 2.05) is 4.68 Å². The van der Waals surface area contributed by atoms with Crippen LogP contribution in [0.1, 0.15) is 41.2 Å². The van der Waals surface area contributed by atoms with Crippen molar-refractivity contribution in [3.8, 4) is 11.3 Å². The Morgan fingerprint density at radius 3 is 2.77 bits per heavy atom. The first-order valence-electron chi connectivity index (χ1n) is 9.65. The fourth-order valence-corrected chi connectivity index (χ4v) is 3.02. The van der Waals surface area contributed by atoms with Crippen LogP contribution in [0.3, 0.4) is 0 Å². The van der Waals surface area contributed by atoms with Crippen molar-refractivity contribution in [2.45, 2.75) is 25.3 Å². The van der Waals surface area contributed by atoms with E-state index in [-0.39, 0.29) is 29.4 Å². The Morgan fingerprint density at radius 1 is 1.29 bits per heavy atom. The van der Waals surface area contributed by atoms with E-state index >= 15 is 0 Å². The lowest BCUT2D eigenvalue weighted by Crippen LogP contribution is -2.32. The molecule has 0 spiro atoms. The van der Waals surface area contributed by atoms with Gasteiger partial charge in [0.2, 0.25) is 5.95 Å². The van der Waals surface area contributed by atoms with Crippen LogP contribution in [0.5, 0.6) is 0 Å². The summed E-state index contributed by atoms with van der Waals surface area (Å²) in [5, 5.41) is 12.4. The zero-order valence-electron chi connectivity index (χ0n) is 16.6. The Bertz CT molecular complexity index is 1100. The lowest BCUT2D eigenvalue weighted by molar-refractivity contribution is 0.0947. The summed E-state index contributed by atoms with van der Waals surface area (Å²) in [6.45, 7) is 0.161. The predicted octanol–water partition coefficient (Wildman–Crippen LogP) is 3.40. The van der Waals surface area contributed by atoms with Gasteiger partial charge in [0, 0.05) is 18.0 Å². The van der Waals surface area contributed by atoms with Gasteiger partial charge < -0.3 is 16.0 Å². The fourth-order valence-electron chi connectivity index (χ4n) is 3.02. The number of alkyl halides is 2. The molecule has 1 fully saturated rings. The highest BCUT2D eigenvalue weighted by atomic mass is 19.3. The number of rotatable bonds is 8. The number of nitrogens with one attached hydrogen (secondary N) is 3. The smallest absolute Gasteiger partial charge is 0.267 e. The third-order valence-corrected chi connectivity index (χ3v) is 4.74. The molecular weight excluding hydrogens is 411 g/mol. The Labute approximate surface area is 175 Å². The van der Waals surface area contributed by atoms with Gasteiger partial charge >= 0.3 is 0 Å². The average Bonchev–Trinajstić information content (AvgIpc) is 3.51. The Kier molecular flexibility index (Phi) is 5.85. The summed E-state index contributed by atoms with van der Waals surface area (Å²) in [5.74, 6) is -1.39. The second-order valence-electron chi connectivity index (χ2n) is 7.09. The Balaban J connectivity index is 1.63. The summed E-state index contributed by atoms with van der Waals surface area (Å²) in [6.07, 6.45) is 3.68. The molecule has 0 atom stereocenters. The van der Waals surface area contributed by atoms with Crippen molar-refractivity contribution in [2.75, 3.05) is 19.0 Å². The van der Waals surface area contributed by atoms with E-state index in [2.05, 4.69) is 31.0 Å². The van der Waals surface area contributed by atoms with Crippen molar-refractivity contribution in [3.05, 3.63) is 53.7 Å². The van der Waals surface area contributed by atoms with Gasteiger partial charge in [0.05, 0.1) is 41.4 Å². The van der Waals surface area contributed by atoms with Crippen LogP contribution < -0.4 is 16.0 Å². The number of amides is 1. The van der Waals surface area contributed by atoms with Crippen molar-refractivity contribution < 1.29 is 18.0 Å². The molecule has 1 aliphatic rings. The topological polar surface area (TPSA) is 96.8 Å². The van der Waals surface area contributed by atoms with Crippen molar-refractivity contribution in [1.82, 2.24) is 30.4 Å². The summed E-state index contributed by atoms with van der Waals surface area (Å²) in [7, 11) is 1.63. The molecule has 2 heterocycles. The Morgan fingerprint density at radius 2 is 2.10 bits per heavy atom. The molecule has 162 valence electrons. The first-order valence-corrected chi connectivity index (χ1v) is 9.65. The third kappa shape index (κ3) is 4.66. The lowest BCUT2D eigenvalue weighted by atomic mass is 10.0. The summed E-state index contributed by atoms with van der Waals surface area (Å²) >= 11 is 0. The molecule has 1 aromatic carbocycles. The van der Waals surface area contributed by atoms with E-state index in [1.54, 1.807) is 19.4 Å². The van der Waals surface area contributed by atoms with Gasteiger partial charge in [0.25, 0.3) is 12.3 Å². The highest BCUT2D eigenvalue weighted by Gasteiger charge is 2.24. The van der Waals surface area contributed by atoms with Gasteiger partial charge in [-0.25, -0.2) is 23.1 Å². The number of aromatic nitrogens is 4. The van der Waals surface area contributed by atoms with Gasteiger partial charge in [-0.05, 0) is 32.0 Å². The van der Waals surface area contributed by atoms with Gasteiger partial charge in [-0.15, -0.1) is 0 Å². The second kappa shape index (κ2) is 8.72. The summed E-state index contributed by atoms with van der Waals surface area (Å²) in [5.41, 5.74) is -0.0332. The second-order valence-corrected chi connectivity index (χ2v) is 7.09. The quantitative estimate of drug-likeness (QED) is 0.473. The number of carbonyl (C=O) groups is 1. The van der Waals surface area contributed by atoms with Crippen molar-refractivity contribution in [1.29, 1.82) is 0 Å². The Hall–Kier alpha value is -3.47. The highest BCUT2D eigenvalue weighted by Crippen LogP contribution is 2.35. The van der Waals surface area contributed by atoms with Crippen LogP contribution in [-0.2, 0) is 0 Å². The van der Waals surface area contributed by atoms with Crippen LogP contribution in [0, 0.1) is 5.82 Å². The van der Waals surface area contributed by atoms with Crippen LogP contribution in [0.25, 0.3) is 11.3 Å². The van der Waals surface area contributed by atoms with Crippen LogP contribution >= 0.6 is 0 Å². The number of anilines is 2. The predicted molar refractivity (Wildman–Crippen MR) is 108 cm³/mol. The molecule has 8 nitrogen and oxygen atoms in total. The van der Waals surface area contributed by atoms with E-state index in [9.17, 15) is 18.0 Å². The molecule has 1 saturated carbocycles. The molecule has 0 saturated heterocycles. The number of hydrogen-bond acceptors (Lipinski definition) is 6. The van der Waals surface area contributed by atoms with E-state index < -0.39 is 23.7 Å². The number of halogens is 3. The molecule has 0 aliphatic heterocycles. The molecule has 11 heteroatoms. The number of carbonyl (C=O) groups excluding carboxylic acids is 1. The normalized spacial score (nSPS) is 13.5. The van der Waals surface area contributed by atoms with Crippen LogP contribution in [-0.4, -0.2) is 39.4 Å². The first-order chi connectivity index (χ1) is 15.0. The van der Waals surface area contributed by atoms with Gasteiger partial charge in [0.15, 0.2) is 0 Å². The fraction of sp³-hybridized carbons (Fsp3) is 0.300. The minimum absolute atomic E-state index is 0.0750. The molecule has 3 aromatic rings. The number of benzene rings is 1. The molecule has 0 unspecified atom stereocenters. The third-order valence-electron chi connectivity index (χ3n) is 4.74. The average molecular weight is 431 g/mol. The zero-order valence-corrected chi connectivity index (χ0v) is 16.6. The SMILES string of the molecule is CNCNC(=O)c1ccc(-c2nc(Nc3cnn(C4CC4)c3)ncc2C(F)F)cc1F. The first kappa shape index (κ1) is 20.8. The molecule has 4 rings (SSSR count). The van der Waals surface area contributed by atoms with Gasteiger partial charge in [0.1, 0.15) is 5.82 Å². The van der Waals surface area contributed by atoms with Gasteiger partial charge in [-0.1, -0.05) is 6.07 Å². The standard InChI is InChI=1S/C20H20F3N7O/c1-24-10-26-19(31)14-5-2-11(6-16(14)21)17-15(18(22)23)8-25-20(29-17)28-12-7-27-30(9-12)13-3-4-13/h2,5-9,13,18,24H,3-4,10H2,1H3,(H,26,31)(H,25,28,29).